The van der Waals surface area contributed by atoms with Gasteiger partial charge in [0, 0.05) is 22.8 Å². The number of para-hydroxylation sites is 1. The van der Waals surface area contributed by atoms with Crippen molar-refractivity contribution in [3.63, 3.8) is 0 Å². The van der Waals surface area contributed by atoms with Gasteiger partial charge in [-0.25, -0.2) is 0 Å². The van der Waals surface area contributed by atoms with E-state index in [9.17, 15) is 0 Å². The van der Waals surface area contributed by atoms with E-state index < -0.39 is 0 Å². The third-order valence-electron chi connectivity index (χ3n) is 3.88. The van der Waals surface area contributed by atoms with Gasteiger partial charge in [-0.2, -0.15) is 0 Å². The lowest BCUT2D eigenvalue weighted by Gasteiger charge is -2.11. The molecule has 0 radical (unpaired) electrons. The van der Waals surface area contributed by atoms with Gasteiger partial charge in [0.1, 0.15) is 12.4 Å². The van der Waals surface area contributed by atoms with E-state index in [4.69, 9.17) is 16.3 Å². The molecule has 1 N–H and O–H groups in total. The first kappa shape index (κ1) is 16.4. The fraction of sp³-hybridized carbons (Fsp3) is 0.143. The second-order valence-corrected chi connectivity index (χ2v) is 6.10. The van der Waals surface area contributed by atoms with Crippen LogP contribution < -0.4 is 10.1 Å². The molecule has 0 aliphatic carbocycles. The standard InChI is InChI=1S/C21H20ClNO/c1-16-7-2-5-12-21(16)23-14-17-8-6-10-19(13-17)24-15-18-9-3-4-11-20(18)22/h2-13,23H,14-15H2,1H3. The fourth-order valence-electron chi connectivity index (χ4n) is 2.49. The molecule has 0 unspecified atom stereocenters. The summed E-state index contributed by atoms with van der Waals surface area (Å²) in [5, 5.41) is 4.19. The van der Waals surface area contributed by atoms with Gasteiger partial charge in [0.25, 0.3) is 0 Å². The molecule has 2 nitrogen and oxygen atoms in total. The van der Waals surface area contributed by atoms with Crippen LogP contribution in [0.3, 0.4) is 0 Å². The maximum Gasteiger partial charge on any atom is 0.120 e. The van der Waals surface area contributed by atoms with Gasteiger partial charge in [0.05, 0.1) is 0 Å². The smallest absolute Gasteiger partial charge is 0.120 e. The molecule has 0 bridgehead atoms. The summed E-state index contributed by atoms with van der Waals surface area (Å²) in [6.07, 6.45) is 0. The highest BCUT2D eigenvalue weighted by atomic mass is 35.5. The second-order valence-electron chi connectivity index (χ2n) is 5.70. The molecule has 0 saturated carbocycles. The lowest BCUT2D eigenvalue weighted by molar-refractivity contribution is 0.306. The van der Waals surface area contributed by atoms with Crippen molar-refractivity contribution in [1.29, 1.82) is 0 Å². The van der Waals surface area contributed by atoms with Crippen LogP contribution in [0.4, 0.5) is 5.69 Å². The third-order valence-corrected chi connectivity index (χ3v) is 4.25. The Morgan fingerprint density at radius 1 is 0.917 bits per heavy atom. The van der Waals surface area contributed by atoms with Crippen LogP contribution in [0.15, 0.2) is 72.8 Å². The Bertz CT molecular complexity index is 751. The van der Waals surface area contributed by atoms with Crippen LogP contribution >= 0.6 is 11.6 Å². The van der Waals surface area contributed by atoms with Crippen molar-refractivity contribution in [2.45, 2.75) is 20.1 Å². The maximum absolute atomic E-state index is 6.16. The molecule has 0 spiro atoms. The number of ether oxygens (including phenoxy) is 1. The van der Waals surface area contributed by atoms with Gasteiger partial charge in [-0.1, -0.05) is 60.1 Å². The quantitative estimate of drug-likeness (QED) is 0.610. The predicted octanol–water partition coefficient (Wildman–Crippen LogP) is 5.84. The molecule has 3 aromatic rings. The summed E-state index contributed by atoms with van der Waals surface area (Å²) in [6.45, 7) is 3.33. The van der Waals surface area contributed by atoms with Crippen LogP contribution in [0.5, 0.6) is 5.75 Å². The SMILES string of the molecule is Cc1ccccc1NCc1cccc(OCc2ccccc2Cl)c1. The van der Waals surface area contributed by atoms with Crippen LogP contribution in [-0.4, -0.2) is 0 Å². The van der Waals surface area contributed by atoms with Crippen molar-refractivity contribution in [2.75, 3.05) is 5.32 Å². The number of nitrogens with one attached hydrogen (secondary N) is 1. The Morgan fingerprint density at radius 3 is 2.54 bits per heavy atom. The van der Waals surface area contributed by atoms with Crippen LogP contribution in [-0.2, 0) is 13.2 Å². The first-order valence-electron chi connectivity index (χ1n) is 7.97. The Labute approximate surface area is 148 Å². The molecule has 0 atom stereocenters. The van der Waals surface area contributed by atoms with E-state index in [1.54, 1.807) is 0 Å². The normalized spacial score (nSPS) is 10.4. The zero-order chi connectivity index (χ0) is 16.8. The van der Waals surface area contributed by atoms with Crippen molar-refractivity contribution >= 4 is 17.3 Å². The zero-order valence-corrected chi connectivity index (χ0v) is 14.4. The zero-order valence-electron chi connectivity index (χ0n) is 13.6. The number of aryl methyl sites for hydroxylation is 1. The molecular formula is C21H20ClNO. The molecule has 24 heavy (non-hydrogen) atoms. The van der Waals surface area contributed by atoms with E-state index >= 15 is 0 Å². The van der Waals surface area contributed by atoms with E-state index in [-0.39, 0.29) is 0 Å². The van der Waals surface area contributed by atoms with Gasteiger partial charge in [0.15, 0.2) is 0 Å². The Morgan fingerprint density at radius 2 is 1.71 bits per heavy atom. The molecule has 3 heteroatoms. The number of hydrogen-bond donors (Lipinski definition) is 1. The van der Waals surface area contributed by atoms with E-state index in [0.717, 1.165) is 28.6 Å². The van der Waals surface area contributed by atoms with Crippen molar-refractivity contribution in [3.8, 4) is 5.75 Å². The largest absolute Gasteiger partial charge is 0.489 e. The average molecular weight is 338 g/mol. The average Bonchev–Trinajstić information content (AvgIpc) is 2.61. The fourth-order valence-corrected chi connectivity index (χ4v) is 2.68. The lowest BCUT2D eigenvalue weighted by Crippen LogP contribution is -2.02. The van der Waals surface area contributed by atoms with E-state index in [2.05, 4.69) is 36.5 Å². The Kier molecular flexibility index (Phi) is 5.39. The monoisotopic (exact) mass is 337 g/mol. The topological polar surface area (TPSA) is 21.3 Å². The third kappa shape index (κ3) is 4.30. The number of anilines is 1. The highest BCUT2D eigenvalue weighted by Gasteiger charge is 2.02. The van der Waals surface area contributed by atoms with Gasteiger partial charge in [-0.05, 0) is 42.3 Å². The summed E-state index contributed by atoms with van der Waals surface area (Å²) in [5.41, 5.74) is 4.56. The molecule has 3 aromatic carbocycles. The highest BCUT2D eigenvalue weighted by Crippen LogP contribution is 2.20. The minimum atomic E-state index is 0.467. The van der Waals surface area contributed by atoms with Gasteiger partial charge in [-0.3, -0.25) is 0 Å². The minimum Gasteiger partial charge on any atom is -0.489 e. The molecule has 0 aliphatic rings. The molecule has 3 rings (SSSR count). The lowest BCUT2D eigenvalue weighted by atomic mass is 10.1. The predicted molar refractivity (Wildman–Crippen MR) is 101 cm³/mol. The molecular weight excluding hydrogens is 318 g/mol. The molecule has 0 amide bonds. The van der Waals surface area contributed by atoms with Crippen molar-refractivity contribution in [2.24, 2.45) is 0 Å². The summed E-state index contributed by atoms with van der Waals surface area (Å²) in [7, 11) is 0. The molecule has 0 heterocycles. The number of rotatable bonds is 6. The summed E-state index contributed by atoms with van der Waals surface area (Å²) in [4.78, 5) is 0. The first-order chi connectivity index (χ1) is 11.7. The van der Waals surface area contributed by atoms with E-state index in [1.807, 2.05) is 48.5 Å². The highest BCUT2D eigenvalue weighted by molar-refractivity contribution is 6.31. The Hall–Kier alpha value is -2.45. The molecule has 0 fully saturated rings. The summed E-state index contributed by atoms with van der Waals surface area (Å²) >= 11 is 6.16. The second kappa shape index (κ2) is 7.89. The first-order valence-corrected chi connectivity index (χ1v) is 8.35. The van der Waals surface area contributed by atoms with Gasteiger partial charge in [-0.15, -0.1) is 0 Å². The van der Waals surface area contributed by atoms with Crippen molar-refractivity contribution < 1.29 is 4.74 Å². The van der Waals surface area contributed by atoms with E-state index in [0.29, 0.717) is 6.61 Å². The molecule has 122 valence electrons. The van der Waals surface area contributed by atoms with Crippen molar-refractivity contribution in [1.82, 2.24) is 0 Å². The number of hydrogen-bond acceptors (Lipinski definition) is 2. The summed E-state index contributed by atoms with van der Waals surface area (Å²) < 4.78 is 5.88. The van der Waals surface area contributed by atoms with Crippen LogP contribution in [0.1, 0.15) is 16.7 Å². The van der Waals surface area contributed by atoms with Crippen LogP contribution in [0.2, 0.25) is 5.02 Å². The molecule has 0 aliphatic heterocycles. The van der Waals surface area contributed by atoms with E-state index in [1.165, 1.54) is 11.1 Å². The van der Waals surface area contributed by atoms with Crippen molar-refractivity contribution in [3.05, 3.63) is 94.5 Å². The summed E-state index contributed by atoms with van der Waals surface area (Å²) in [5.74, 6) is 0.846. The number of halogens is 1. The number of benzene rings is 3. The minimum absolute atomic E-state index is 0.467. The van der Waals surface area contributed by atoms with Gasteiger partial charge >= 0.3 is 0 Å². The van der Waals surface area contributed by atoms with Crippen LogP contribution in [0.25, 0.3) is 0 Å². The van der Waals surface area contributed by atoms with Gasteiger partial charge < -0.3 is 10.1 Å². The summed E-state index contributed by atoms with van der Waals surface area (Å²) in [6, 6.07) is 24.1. The molecule has 0 saturated heterocycles. The van der Waals surface area contributed by atoms with Crippen LogP contribution in [0, 0.1) is 6.92 Å². The Balaban J connectivity index is 1.62. The molecule has 0 aromatic heterocycles. The van der Waals surface area contributed by atoms with Gasteiger partial charge in [0.2, 0.25) is 0 Å². The maximum atomic E-state index is 6.16.